The molecule has 8 nitrogen and oxygen atoms in total. The minimum absolute atomic E-state index is 0.0165. The van der Waals surface area contributed by atoms with Crippen molar-refractivity contribution in [3.05, 3.63) is 87.8 Å². The van der Waals surface area contributed by atoms with Gasteiger partial charge in [0.05, 0.1) is 23.9 Å². The van der Waals surface area contributed by atoms with E-state index in [1.807, 2.05) is 18.2 Å². The van der Waals surface area contributed by atoms with Crippen molar-refractivity contribution in [2.75, 3.05) is 7.11 Å². The molecule has 182 valence electrons. The van der Waals surface area contributed by atoms with Gasteiger partial charge in [-0.05, 0) is 41.0 Å². The number of H-pyrrole nitrogens is 1. The summed E-state index contributed by atoms with van der Waals surface area (Å²) in [6, 6.07) is 17.5. The third-order valence-electron chi connectivity index (χ3n) is 5.85. The molecular weight excluding hydrogens is 470 g/mol. The number of alkyl carbamates (subject to hydrolysis) is 1. The molecule has 1 aromatic heterocycles. The molecule has 2 N–H and O–H groups in total. The molecule has 10 heteroatoms. The largest absolute Gasteiger partial charge is 0.453 e. The lowest BCUT2D eigenvalue weighted by Crippen LogP contribution is -2.30. The van der Waals surface area contributed by atoms with Gasteiger partial charge in [0.2, 0.25) is 0 Å². The molecule has 0 radical (unpaired) electrons. The standard InChI is InChI=1S/C26H20F2N4O4/c1-35-26(34)30-23-13-16-8-7-15(12-20(16)29-23)19-10-14(6-9-22(19)36-25(27)28)11-21-17-4-2-3-5-18(17)24(33)32-31-21/h2-10,12,25H,11,13H2,1H3,(H,32,33)(H,29,30,34). The van der Waals surface area contributed by atoms with Gasteiger partial charge in [-0.25, -0.2) is 14.9 Å². The van der Waals surface area contributed by atoms with Gasteiger partial charge in [-0.1, -0.05) is 36.4 Å². The van der Waals surface area contributed by atoms with Crippen molar-refractivity contribution in [2.24, 2.45) is 4.99 Å². The number of nitrogens with one attached hydrogen (secondary N) is 2. The van der Waals surface area contributed by atoms with Crippen LogP contribution in [0.1, 0.15) is 16.8 Å². The maximum absolute atomic E-state index is 13.2. The van der Waals surface area contributed by atoms with E-state index < -0.39 is 12.7 Å². The maximum atomic E-state index is 13.2. The Hall–Kier alpha value is -4.60. The highest BCUT2D eigenvalue weighted by molar-refractivity contribution is 6.01. The number of methoxy groups -OCH3 is 1. The van der Waals surface area contributed by atoms with Gasteiger partial charge in [0.15, 0.2) is 0 Å². The Balaban J connectivity index is 1.53. The zero-order chi connectivity index (χ0) is 25.2. The molecule has 5 rings (SSSR count). The smallest absolute Gasteiger partial charge is 0.412 e. The number of hydrogen-bond acceptors (Lipinski definition) is 6. The molecule has 4 aromatic rings. The first-order chi connectivity index (χ1) is 17.4. The molecule has 0 unspecified atom stereocenters. The Bertz CT molecular complexity index is 1570. The van der Waals surface area contributed by atoms with Crippen LogP contribution in [0.2, 0.25) is 0 Å². The van der Waals surface area contributed by atoms with E-state index in [9.17, 15) is 18.4 Å². The summed E-state index contributed by atoms with van der Waals surface area (Å²) >= 11 is 0. The molecule has 36 heavy (non-hydrogen) atoms. The summed E-state index contributed by atoms with van der Waals surface area (Å²) in [6.07, 6.45) is 0.150. The average molecular weight is 490 g/mol. The van der Waals surface area contributed by atoms with E-state index in [1.165, 1.54) is 13.2 Å². The zero-order valence-electron chi connectivity index (χ0n) is 19.0. The number of carbonyl (C=O) groups excluding carboxylic acids is 1. The number of hydrogen-bond donors (Lipinski definition) is 2. The number of nitrogens with zero attached hydrogens (tertiary/aromatic N) is 2. The average Bonchev–Trinajstić information content (AvgIpc) is 3.27. The van der Waals surface area contributed by atoms with E-state index in [2.05, 4.69) is 25.2 Å². The van der Waals surface area contributed by atoms with E-state index in [1.54, 1.807) is 36.4 Å². The Morgan fingerprint density at radius 2 is 1.92 bits per heavy atom. The molecule has 1 amide bonds. The van der Waals surface area contributed by atoms with Crippen LogP contribution in [-0.4, -0.2) is 35.8 Å². The van der Waals surface area contributed by atoms with Crippen LogP contribution < -0.4 is 15.6 Å². The van der Waals surface area contributed by atoms with Gasteiger partial charge in [-0.3, -0.25) is 10.1 Å². The number of halogens is 2. The van der Waals surface area contributed by atoms with Crippen molar-refractivity contribution in [3.8, 4) is 16.9 Å². The quantitative estimate of drug-likeness (QED) is 0.421. The van der Waals surface area contributed by atoms with Gasteiger partial charge < -0.3 is 9.47 Å². The summed E-state index contributed by atoms with van der Waals surface area (Å²) in [4.78, 5) is 28.1. The van der Waals surface area contributed by atoms with E-state index in [0.717, 1.165) is 11.1 Å². The molecule has 0 saturated heterocycles. The highest BCUT2D eigenvalue weighted by Gasteiger charge is 2.20. The molecule has 2 heterocycles. The Labute approximate surface area is 203 Å². The molecule has 0 atom stereocenters. The molecule has 1 aliphatic heterocycles. The second-order valence-corrected chi connectivity index (χ2v) is 8.13. The number of aromatic nitrogens is 2. The first kappa shape index (κ1) is 23.2. The predicted octanol–water partition coefficient (Wildman–Crippen LogP) is 4.72. The number of fused-ring (bicyclic) bond motifs is 2. The fraction of sp³-hybridized carbons (Fsp3) is 0.154. The SMILES string of the molecule is COC(=O)NC1=Nc2cc(-c3cc(Cc4n[nH]c(=O)c5ccccc45)ccc3OC(F)F)ccc2C1. The number of aliphatic imine (C=N–C) groups is 1. The van der Waals surface area contributed by atoms with Crippen LogP contribution in [0, 0.1) is 0 Å². The van der Waals surface area contributed by atoms with Gasteiger partial charge in [0.25, 0.3) is 5.56 Å². The predicted molar refractivity (Wildman–Crippen MR) is 130 cm³/mol. The summed E-state index contributed by atoms with van der Waals surface area (Å²) in [5, 5.41) is 10.5. The lowest BCUT2D eigenvalue weighted by atomic mass is 9.97. The van der Waals surface area contributed by atoms with Crippen molar-refractivity contribution < 1.29 is 23.0 Å². The van der Waals surface area contributed by atoms with Crippen LogP contribution in [0.15, 0.2) is 70.5 Å². The number of ether oxygens (including phenoxy) is 2. The second-order valence-electron chi connectivity index (χ2n) is 8.13. The molecule has 0 saturated carbocycles. The first-order valence-corrected chi connectivity index (χ1v) is 11.0. The molecule has 3 aromatic carbocycles. The van der Waals surface area contributed by atoms with Crippen LogP contribution in [0.25, 0.3) is 21.9 Å². The van der Waals surface area contributed by atoms with Crippen molar-refractivity contribution >= 4 is 28.4 Å². The van der Waals surface area contributed by atoms with E-state index >= 15 is 0 Å². The lowest BCUT2D eigenvalue weighted by Gasteiger charge is -2.14. The van der Waals surface area contributed by atoms with Crippen molar-refractivity contribution in [1.29, 1.82) is 0 Å². The fourth-order valence-corrected chi connectivity index (χ4v) is 4.20. The van der Waals surface area contributed by atoms with Gasteiger partial charge in [0.1, 0.15) is 11.6 Å². The normalized spacial score (nSPS) is 12.4. The van der Waals surface area contributed by atoms with Crippen molar-refractivity contribution in [2.45, 2.75) is 19.5 Å². The molecule has 1 aliphatic rings. The Kier molecular flexibility index (Phi) is 6.16. The Morgan fingerprint density at radius 1 is 1.11 bits per heavy atom. The third kappa shape index (κ3) is 4.65. The van der Waals surface area contributed by atoms with E-state index in [0.29, 0.717) is 52.0 Å². The Morgan fingerprint density at radius 3 is 2.69 bits per heavy atom. The highest BCUT2D eigenvalue weighted by atomic mass is 19.3. The topological polar surface area (TPSA) is 106 Å². The monoisotopic (exact) mass is 490 g/mol. The van der Waals surface area contributed by atoms with Crippen LogP contribution in [-0.2, 0) is 17.6 Å². The highest BCUT2D eigenvalue weighted by Crippen LogP contribution is 2.37. The van der Waals surface area contributed by atoms with E-state index in [-0.39, 0.29) is 11.3 Å². The number of carbonyl (C=O) groups is 1. The van der Waals surface area contributed by atoms with E-state index in [4.69, 9.17) is 4.74 Å². The molecule has 0 aliphatic carbocycles. The van der Waals surface area contributed by atoms with Gasteiger partial charge >= 0.3 is 12.7 Å². The minimum atomic E-state index is -3.00. The number of rotatable bonds is 5. The molecular formula is C26H20F2N4O4. The minimum Gasteiger partial charge on any atom is -0.453 e. The van der Waals surface area contributed by atoms with Crippen LogP contribution in [0.5, 0.6) is 5.75 Å². The number of aromatic amines is 1. The summed E-state index contributed by atoms with van der Waals surface area (Å²) in [6.45, 7) is -3.00. The number of alkyl halides is 2. The number of amidine groups is 1. The summed E-state index contributed by atoms with van der Waals surface area (Å²) in [5.41, 5.74) is 3.71. The lowest BCUT2D eigenvalue weighted by molar-refractivity contribution is -0.0494. The number of amides is 1. The van der Waals surface area contributed by atoms with Crippen LogP contribution in [0.3, 0.4) is 0 Å². The summed E-state index contributed by atoms with van der Waals surface area (Å²) < 4.78 is 35.7. The number of benzene rings is 3. The summed E-state index contributed by atoms with van der Waals surface area (Å²) in [5.74, 6) is 0.450. The third-order valence-corrected chi connectivity index (χ3v) is 5.85. The second kappa shape index (κ2) is 9.57. The molecule has 0 spiro atoms. The van der Waals surface area contributed by atoms with Gasteiger partial charge in [0, 0.05) is 23.8 Å². The first-order valence-electron chi connectivity index (χ1n) is 11.0. The van der Waals surface area contributed by atoms with Crippen LogP contribution in [0.4, 0.5) is 19.3 Å². The molecule has 0 bridgehead atoms. The fourth-order valence-electron chi connectivity index (χ4n) is 4.20. The summed E-state index contributed by atoms with van der Waals surface area (Å²) in [7, 11) is 1.26. The maximum Gasteiger partial charge on any atom is 0.412 e. The van der Waals surface area contributed by atoms with Gasteiger partial charge in [-0.15, -0.1) is 0 Å². The van der Waals surface area contributed by atoms with Crippen molar-refractivity contribution in [1.82, 2.24) is 15.5 Å². The van der Waals surface area contributed by atoms with Crippen molar-refractivity contribution in [3.63, 3.8) is 0 Å². The van der Waals surface area contributed by atoms with Crippen LogP contribution >= 0.6 is 0 Å². The molecule has 0 fully saturated rings. The van der Waals surface area contributed by atoms with Gasteiger partial charge in [-0.2, -0.15) is 13.9 Å². The zero-order valence-corrected chi connectivity index (χ0v) is 19.0.